The molecule has 0 saturated heterocycles. The Morgan fingerprint density at radius 2 is 1.10 bits per heavy atom. The van der Waals surface area contributed by atoms with E-state index in [4.69, 9.17) is 0 Å². The molecule has 0 aromatic carbocycles. The Hall–Kier alpha value is 0.690. The van der Waals surface area contributed by atoms with E-state index in [1.165, 1.54) is 109 Å². The molecule has 1 aliphatic rings. The summed E-state index contributed by atoms with van der Waals surface area (Å²) in [5.74, 6) is 1.02. The molecule has 1 rings (SSSR count). The standard InChI is InChI=1S/C19H38IN/c20-18-21-17-13-16-19-14-11-9-7-5-3-1-2-4-6-8-10-12-15-19/h19,21H,1-18H2. The maximum absolute atomic E-state index is 3.47. The number of halogens is 1. The summed E-state index contributed by atoms with van der Waals surface area (Å²) in [6, 6.07) is 0. The quantitative estimate of drug-likeness (QED) is 0.228. The Kier molecular flexibility index (Phi) is 14.6. The number of hydrogen-bond donors (Lipinski definition) is 1. The molecule has 0 aromatic rings. The molecule has 1 nitrogen and oxygen atoms in total. The van der Waals surface area contributed by atoms with Gasteiger partial charge in [0.15, 0.2) is 0 Å². The lowest BCUT2D eigenvalue weighted by Gasteiger charge is -2.17. The van der Waals surface area contributed by atoms with Crippen LogP contribution >= 0.6 is 22.6 Å². The minimum absolute atomic E-state index is 1.02. The van der Waals surface area contributed by atoms with Crippen LogP contribution in [-0.4, -0.2) is 11.1 Å². The molecule has 0 heterocycles. The first-order valence-corrected chi connectivity index (χ1v) is 11.2. The van der Waals surface area contributed by atoms with Crippen LogP contribution in [0.15, 0.2) is 0 Å². The molecule has 0 spiro atoms. The van der Waals surface area contributed by atoms with Crippen LogP contribution < -0.4 is 5.32 Å². The molecule has 0 aromatic heterocycles. The molecular weight excluding hydrogens is 369 g/mol. The van der Waals surface area contributed by atoms with Crippen molar-refractivity contribution in [2.75, 3.05) is 11.1 Å². The van der Waals surface area contributed by atoms with Gasteiger partial charge in [0, 0.05) is 4.55 Å². The maximum atomic E-state index is 3.47. The fourth-order valence-corrected chi connectivity index (χ4v) is 4.03. The molecule has 0 atom stereocenters. The van der Waals surface area contributed by atoms with Gasteiger partial charge in [-0.3, -0.25) is 0 Å². The molecule has 1 aliphatic carbocycles. The molecule has 126 valence electrons. The van der Waals surface area contributed by atoms with Gasteiger partial charge < -0.3 is 5.32 Å². The molecule has 0 bridgehead atoms. The minimum Gasteiger partial charge on any atom is -0.308 e. The summed E-state index contributed by atoms with van der Waals surface area (Å²) in [5.41, 5.74) is 0. The third-order valence-electron chi connectivity index (χ3n) is 5.04. The Labute approximate surface area is 147 Å². The molecule has 0 radical (unpaired) electrons. The second kappa shape index (κ2) is 15.6. The summed E-state index contributed by atoms with van der Waals surface area (Å²) in [6.45, 7) is 1.22. The SMILES string of the molecule is ICNCCCC1CCCCCCCCCCCCCC1. The van der Waals surface area contributed by atoms with Gasteiger partial charge >= 0.3 is 0 Å². The third kappa shape index (κ3) is 12.9. The summed E-state index contributed by atoms with van der Waals surface area (Å²) in [5, 5.41) is 3.47. The topological polar surface area (TPSA) is 12.0 Å². The highest BCUT2D eigenvalue weighted by atomic mass is 127. The Morgan fingerprint density at radius 3 is 1.52 bits per heavy atom. The average Bonchev–Trinajstić information content (AvgIpc) is 2.51. The zero-order chi connectivity index (χ0) is 15.0. The largest absolute Gasteiger partial charge is 0.308 e. The summed E-state index contributed by atoms with van der Waals surface area (Å²) >= 11 is 2.41. The summed E-state index contributed by atoms with van der Waals surface area (Å²) < 4.78 is 1.10. The van der Waals surface area contributed by atoms with Gasteiger partial charge in [-0.1, -0.05) is 112 Å². The van der Waals surface area contributed by atoms with Crippen LogP contribution in [0.3, 0.4) is 0 Å². The molecule has 0 unspecified atom stereocenters. The molecule has 0 aliphatic heterocycles. The van der Waals surface area contributed by atoms with E-state index in [9.17, 15) is 0 Å². The van der Waals surface area contributed by atoms with Crippen LogP contribution in [0.25, 0.3) is 0 Å². The van der Waals surface area contributed by atoms with E-state index >= 15 is 0 Å². The predicted octanol–water partition coefficient (Wildman–Crippen LogP) is 6.84. The van der Waals surface area contributed by atoms with Gasteiger partial charge in [-0.2, -0.15) is 0 Å². The first-order chi connectivity index (χ1) is 10.4. The second-order valence-electron chi connectivity index (χ2n) is 6.96. The van der Waals surface area contributed by atoms with Crippen molar-refractivity contribution in [3.8, 4) is 0 Å². The van der Waals surface area contributed by atoms with Crippen molar-refractivity contribution in [2.24, 2.45) is 5.92 Å². The van der Waals surface area contributed by atoms with Crippen LogP contribution in [0.5, 0.6) is 0 Å². The van der Waals surface area contributed by atoms with Crippen molar-refractivity contribution in [3.63, 3.8) is 0 Å². The number of alkyl halides is 1. The van der Waals surface area contributed by atoms with Gasteiger partial charge in [0.1, 0.15) is 0 Å². The molecule has 1 saturated carbocycles. The van der Waals surface area contributed by atoms with E-state index in [0.29, 0.717) is 0 Å². The fourth-order valence-electron chi connectivity index (χ4n) is 3.65. The second-order valence-corrected chi connectivity index (χ2v) is 7.72. The number of hydrogen-bond acceptors (Lipinski definition) is 1. The van der Waals surface area contributed by atoms with Crippen molar-refractivity contribution in [3.05, 3.63) is 0 Å². The molecular formula is C19H38IN. The maximum Gasteiger partial charge on any atom is 0.0479 e. The first kappa shape index (κ1) is 19.7. The normalized spacial score (nSPS) is 21.6. The van der Waals surface area contributed by atoms with Crippen molar-refractivity contribution in [1.82, 2.24) is 5.32 Å². The minimum atomic E-state index is 1.02. The number of rotatable bonds is 5. The molecule has 1 N–H and O–H groups in total. The monoisotopic (exact) mass is 407 g/mol. The fraction of sp³-hybridized carbons (Fsp3) is 1.00. The zero-order valence-corrected chi connectivity index (χ0v) is 16.3. The zero-order valence-electron chi connectivity index (χ0n) is 14.2. The lowest BCUT2D eigenvalue weighted by Crippen LogP contribution is -2.13. The third-order valence-corrected chi connectivity index (χ3v) is 5.57. The van der Waals surface area contributed by atoms with Crippen LogP contribution in [-0.2, 0) is 0 Å². The Bertz CT molecular complexity index is 192. The van der Waals surface area contributed by atoms with E-state index in [2.05, 4.69) is 27.9 Å². The van der Waals surface area contributed by atoms with E-state index < -0.39 is 0 Å². The highest BCUT2D eigenvalue weighted by Crippen LogP contribution is 2.23. The summed E-state index contributed by atoms with van der Waals surface area (Å²) in [4.78, 5) is 0. The van der Waals surface area contributed by atoms with Crippen LogP contribution in [0.2, 0.25) is 0 Å². The van der Waals surface area contributed by atoms with Gasteiger partial charge in [0.2, 0.25) is 0 Å². The van der Waals surface area contributed by atoms with Crippen molar-refractivity contribution in [2.45, 2.75) is 103 Å². The molecule has 2 heteroatoms. The Balaban J connectivity index is 2.20. The smallest absolute Gasteiger partial charge is 0.0479 e. The summed E-state index contributed by atoms with van der Waals surface area (Å²) in [7, 11) is 0. The highest BCUT2D eigenvalue weighted by Gasteiger charge is 2.08. The predicted molar refractivity (Wildman–Crippen MR) is 104 cm³/mol. The molecule has 21 heavy (non-hydrogen) atoms. The van der Waals surface area contributed by atoms with Gasteiger partial charge in [0.05, 0.1) is 0 Å². The van der Waals surface area contributed by atoms with Crippen LogP contribution in [0, 0.1) is 5.92 Å². The van der Waals surface area contributed by atoms with E-state index in [0.717, 1.165) is 10.5 Å². The lowest BCUT2D eigenvalue weighted by molar-refractivity contribution is 0.372. The van der Waals surface area contributed by atoms with Crippen LogP contribution in [0.1, 0.15) is 103 Å². The number of nitrogens with one attached hydrogen (secondary N) is 1. The van der Waals surface area contributed by atoms with Crippen molar-refractivity contribution >= 4 is 22.6 Å². The van der Waals surface area contributed by atoms with E-state index in [1.807, 2.05) is 0 Å². The van der Waals surface area contributed by atoms with Gasteiger partial charge in [-0.05, 0) is 25.3 Å². The van der Waals surface area contributed by atoms with Crippen LogP contribution in [0.4, 0.5) is 0 Å². The lowest BCUT2D eigenvalue weighted by atomic mass is 9.90. The van der Waals surface area contributed by atoms with Crippen molar-refractivity contribution < 1.29 is 0 Å². The first-order valence-electron chi connectivity index (χ1n) is 9.70. The Morgan fingerprint density at radius 1 is 0.667 bits per heavy atom. The summed E-state index contributed by atoms with van der Waals surface area (Å²) in [6.07, 6.45) is 23.7. The van der Waals surface area contributed by atoms with Crippen molar-refractivity contribution in [1.29, 1.82) is 0 Å². The molecule has 1 fully saturated rings. The van der Waals surface area contributed by atoms with Gasteiger partial charge in [-0.15, -0.1) is 0 Å². The highest BCUT2D eigenvalue weighted by molar-refractivity contribution is 14.1. The van der Waals surface area contributed by atoms with Gasteiger partial charge in [0.25, 0.3) is 0 Å². The van der Waals surface area contributed by atoms with E-state index in [-0.39, 0.29) is 0 Å². The average molecular weight is 407 g/mol. The molecule has 0 amide bonds. The van der Waals surface area contributed by atoms with E-state index in [1.54, 1.807) is 0 Å². The van der Waals surface area contributed by atoms with Gasteiger partial charge in [-0.25, -0.2) is 0 Å².